The monoisotopic (exact) mass is 277 g/mol. The van der Waals surface area contributed by atoms with Crippen molar-refractivity contribution in [1.82, 2.24) is 9.97 Å². The molecule has 1 heterocycles. The van der Waals surface area contributed by atoms with Crippen molar-refractivity contribution in [1.29, 1.82) is 0 Å². The number of rotatable bonds is 6. The first-order valence-corrected chi connectivity index (χ1v) is 7.21. The molecule has 5 heteroatoms. The molecular formula is C14H16FN3S. The molecule has 1 aromatic carbocycles. The maximum atomic E-state index is 13.5. The molecule has 1 aromatic heterocycles. The van der Waals surface area contributed by atoms with E-state index < -0.39 is 0 Å². The smallest absolute Gasteiger partial charge is 0.140 e. The van der Waals surface area contributed by atoms with Gasteiger partial charge in [0.05, 0.1) is 5.75 Å². The second kappa shape index (κ2) is 7.09. The Morgan fingerprint density at radius 2 is 2.11 bits per heavy atom. The quantitative estimate of drug-likeness (QED) is 0.816. The van der Waals surface area contributed by atoms with Gasteiger partial charge in [-0.25, -0.2) is 14.4 Å². The predicted octanol–water partition coefficient (Wildman–Crippen LogP) is 3.73. The van der Waals surface area contributed by atoms with Gasteiger partial charge in [-0.2, -0.15) is 0 Å². The number of nitrogens with zero attached hydrogens (tertiary/aromatic N) is 2. The lowest BCUT2D eigenvalue weighted by atomic mass is 10.3. The third-order valence-corrected chi connectivity index (χ3v) is 3.50. The van der Waals surface area contributed by atoms with Gasteiger partial charge in [0.25, 0.3) is 0 Å². The van der Waals surface area contributed by atoms with Crippen LogP contribution in [0.5, 0.6) is 0 Å². The van der Waals surface area contributed by atoms with Crippen molar-refractivity contribution in [3.63, 3.8) is 0 Å². The van der Waals surface area contributed by atoms with Gasteiger partial charge in [-0.3, -0.25) is 0 Å². The fraction of sp³-hybridized carbons (Fsp3) is 0.286. The third kappa shape index (κ3) is 4.21. The molecule has 0 saturated heterocycles. The van der Waals surface area contributed by atoms with Gasteiger partial charge in [-0.05, 0) is 24.6 Å². The highest BCUT2D eigenvalue weighted by Crippen LogP contribution is 2.24. The molecule has 3 nitrogen and oxygen atoms in total. The summed E-state index contributed by atoms with van der Waals surface area (Å²) in [7, 11) is 0. The molecule has 2 rings (SSSR count). The van der Waals surface area contributed by atoms with Crippen molar-refractivity contribution in [2.45, 2.75) is 24.0 Å². The second-order valence-corrected chi connectivity index (χ2v) is 5.02. The van der Waals surface area contributed by atoms with E-state index >= 15 is 0 Å². The summed E-state index contributed by atoms with van der Waals surface area (Å²) in [5, 5.41) is 3.21. The maximum Gasteiger partial charge on any atom is 0.140 e. The fourth-order valence-electron chi connectivity index (χ4n) is 1.52. The molecule has 0 bridgehead atoms. The lowest BCUT2D eigenvalue weighted by Crippen LogP contribution is -2.04. The van der Waals surface area contributed by atoms with Gasteiger partial charge in [0.15, 0.2) is 0 Å². The molecule has 0 spiro atoms. The molecular weight excluding hydrogens is 261 g/mol. The van der Waals surface area contributed by atoms with Crippen LogP contribution in [0.3, 0.4) is 0 Å². The van der Waals surface area contributed by atoms with Crippen LogP contribution in [0.1, 0.15) is 19.2 Å². The van der Waals surface area contributed by atoms with E-state index in [1.807, 2.05) is 12.1 Å². The summed E-state index contributed by atoms with van der Waals surface area (Å²) in [6.07, 6.45) is 2.77. The predicted molar refractivity (Wildman–Crippen MR) is 76.8 cm³/mol. The number of hydrogen-bond acceptors (Lipinski definition) is 4. The number of aromatic nitrogens is 2. The first kappa shape index (κ1) is 13.8. The summed E-state index contributed by atoms with van der Waals surface area (Å²) >= 11 is 1.40. The molecule has 2 aromatic rings. The van der Waals surface area contributed by atoms with E-state index in [1.54, 1.807) is 18.3 Å². The highest BCUT2D eigenvalue weighted by molar-refractivity contribution is 7.98. The lowest BCUT2D eigenvalue weighted by molar-refractivity contribution is 0.602. The van der Waals surface area contributed by atoms with Gasteiger partial charge in [-0.1, -0.05) is 19.1 Å². The molecule has 0 atom stereocenters. The highest BCUT2D eigenvalue weighted by Gasteiger charge is 2.04. The third-order valence-electron chi connectivity index (χ3n) is 2.46. The van der Waals surface area contributed by atoms with Crippen LogP contribution in [0.15, 0.2) is 41.4 Å². The van der Waals surface area contributed by atoms with Crippen molar-refractivity contribution < 1.29 is 4.39 Å². The Labute approximate surface area is 116 Å². The molecule has 0 fully saturated rings. The first-order chi connectivity index (χ1) is 9.29. The minimum Gasteiger partial charge on any atom is -0.370 e. The van der Waals surface area contributed by atoms with E-state index in [9.17, 15) is 4.39 Å². The van der Waals surface area contributed by atoms with Crippen LogP contribution in [-0.4, -0.2) is 16.5 Å². The van der Waals surface area contributed by atoms with E-state index in [0.29, 0.717) is 16.5 Å². The van der Waals surface area contributed by atoms with Crippen molar-refractivity contribution in [3.8, 4) is 0 Å². The molecule has 0 saturated carbocycles. The van der Waals surface area contributed by atoms with Gasteiger partial charge in [0, 0.05) is 17.6 Å². The standard InChI is InChI=1S/C14H16FN3S/c1-2-8-16-13-7-9-17-14(18-13)10-19-12-6-4-3-5-11(12)15/h3-7,9H,2,8,10H2,1H3,(H,16,17,18). The van der Waals surface area contributed by atoms with Crippen molar-refractivity contribution in [2.75, 3.05) is 11.9 Å². The van der Waals surface area contributed by atoms with Crippen LogP contribution in [0, 0.1) is 5.82 Å². The lowest BCUT2D eigenvalue weighted by Gasteiger charge is -2.06. The van der Waals surface area contributed by atoms with Crippen LogP contribution >= 0.6 is 11.8 Å². The van der Waals surface area contributed by atoms with Gasteiger partial charge in [-0.15, -0.1) is 11.8 Å². The van der Waals surface area contributed by atoms with E-state index in [1.165, 1.54) is 17.8 Å². The number of anilines is 1. The first-order valence-electron chi connectivity index (χ1n) is 6.22. The highest BCUT2D eigenvalue weighted by atomic mass is 32.2. The Morgan fingerprint density at radius 3 is 2.89 bits per heavy atom. The van der Waals surface area contributed by atoms with Crippen LogP contribution in [0.25, 0.3) is 0 Å². The van der Waals surface area contributed by atoms with Gasteiger partial charge >= 0.3 is 0 Å². The fourth-order valence-corrected chi connectivity index (χ4v) is 2.33. The Kier molecular flexibility index (Phi) is 5.15. The Morgan fingerprint density at radius 1 is 1.26 bits per heavy atom. The van der Waals surface area contributed by atoms with E-state index in [0.717, 1.165) is 18.8 Å². The Balaban J connectivity index is 1.98. The SMILES string of the molecule is CCCNc1ccnc(CSc2ccccc2F)n1. The number of hydrogen-bond donors (Lipinski definition) is 1. The largest absolute Gasteiger partial charge is 0.370 e. The summed E-state index contributed by atoms with van der Waals surface area (Å²) in [6, 6.07) is 8.57. The molecule has 0 aliphatic carbocycles. The molecule has 0 unspecified atom stereocenters. The zero-order chi connectivity index (χ0) is 13.5. The maximum absolute atomic E-state index is 13.5. The number of halogens is 1. The van der Waals surface area contributed by atoms with E-state index in [-0.39, 0.29) is 5.82 Å². The normalized spacial score (nSPS) is 10.4. The van der Waals surface area contributed by atoms with Gasteiger partial charge < -0.3 is 5.32 Å². The topological polar surface area (TPSA) is 37.8 Å². The minimum atomic E-state index is -0.201. The zero-order valence-electron chi connectivity index (χ0n) is 10.8. The summed E-state index contributed by atoms with van der Waals surface area (Å²) in [4.78, 5) is 9.21. The average molecular weight is 277 g/mol. The molecule has 1 N–H and O–H groups in total. The second-order valence-electron chi connectivity index (χ2n) is 4.00. The minimum absolute atomic E-state index is 0.201. The summed E-state index contributed by atoms with van der Waals surface area (Å²) in [5.41, 5.74) is 0. The molecule has 0 aliphatic heterocycles. The van der Waals surface area contributed by atoms with Crippen LogP contribution in [-0.2, 0) is 5.75 Å². The van der Waals surface area contributed by atoms with Crippen molar-refractivity contribution in [2.24, 2.45) is 0 Å². The molecule has 0 amide bonds. The van der Waals surface area contributed by atoms with Crippen LogP contribution in [0.4, 0.5) is 10.2 Å². The van der Waals surface area contributed by atoms with Crippen molar-refractivity contribution in [3.05, 3.63) is 48.2 Å². The van der Waals surface area contributed by atoms with E-state index in [2.05, 4.69) is 22.2 Å². The molecule has 100 valence electrons. The Bertz CT molecular complexity index is 534. The van der Waals surface area contributed by atoms with E-state index in [4.69, 9.17) is 0 Å². The zero-order valence-corrected chi connectivity index (χ0v) is 11.6. The number of thioether (sulfide) groups is 1. The summed E-state index contributed by atoms with van der Waals surface area (Å²) in [6.45, 7) is 2.99. The summed E-state index contributed by atoms with van der Waals surface area (Å²) < 4.78 is 13.5. The summed E-state index contributed by atoms with van der Waals surface area (Å²) in [5.74, 6) is 1.88. The van der Waals surface area contributed by atoms with Crippen LogP contribution in [0.2, 0.25) is 0 Å². The average Bonchev–Trinajstić information content (AvgIpc) is 2.45. The number of nitrogens with one attached hydrogen (secondary N) is 1. The molecule has 0 radical (unpaired) electrons. The van der Waals surface area contributed by atoms with Crippen molar-refractivity contribution >= 4 is 17.6 Å². The number of benzene rings is 1. The van der Waals surface area contributed by atoms with Gasteiger partial charge in [0.1, 0.15) is 17.5 Å². The van der Waals surface area contributed by atoms with Crippen LogP contribution < -0.4 is 5.32 Å². The molecule has 19 heavy (non-hydrogen) atoms. The molecule has 0 aliphatic rings. The van der Waals surface area contributed by atoms with Gasteiger partial charge in [0.2, 0.25) is 0 Å². The Hall–Kier alpha value is -1.62.